The molecular weight excluding hydrogens is 476 g/mol. The molecule has 9 heteroatoms. The summed E-state index contributed by atoms with van der Waals surface area (Å²) in [6, 6.07) is 18.5. The van der Waals surface area contributed by atoms with Crippen molar-refractivity contribution in [1.82, 2.24) is 20.3 Å². The van der Waals surface area contributed by atoms with Crippen molar-refractivity contribution in [3.8, 4) is 12.1 Å². The molecule has 2 aromatic carbocycles. The number of carbonyl (C=O) groups is 1. The minimum Gasteiger partial charge on any atom is -0.348 e. The minimum atomic E-state index is -0.335. The van der Waals surface area contributed by atoms with Crippen LogP contribution in [0.15, 0.2) is 73.2 Å². The molecule has 2 aromatic heterocycles. The molecule has 0 aliphatic carbocycles. The van der Waals surface area contributed by atoms with Crippen molar-refractivity contribution in [3.05, 3.63) is 107 Å². The Morgan fingerprint density at radius 2 is 1.71 bits per heavy atom. The molecule has 0 unspecified atom stereocenters. The zero-order valence-corrected chi connectivity index (χ0v) is 20.9. The van der Waals surface area contributed by atoms with Crippen LogP contribution in [0.25, 0.3) is 6.08 Å². The fourth-order valence-corrected chi connectivity index (χ4v) is 3.78. The van der Waals surface area contributed by atoms with Crippen LogP contribution in [0.2, 0.25) is 0 Å². The number of aromatic nitrogens is 3. The average Bonchev–Trinajstić information content (AvgIpc) is 2.93. The first kappa shape index (κ1) is 25.5. The molecule has 0 fully saturated rings. The van der Waals surface area contributed by atoms with Gasteiger partial charge in [-0.15, -0.1) is 0 Å². The summed E-state index contributed by atoms with van der Waals surface area (Å²) in [6.45, 7) is 4.21. The fourth-order valence-electron chi connectivity index (χ4n) is 3.78. The molecule has 0 aliphatic heterocycles. The maximum Gasteiger partial charge on any atom is 0.256 e. The molecule has 0 aliphatic rings. The van der Waals surface area contributed by atoms with Gasteiger partial charge in [-0.05, 0) is 90.7 Å². The maximum absolute atomic E-state index is 13.2. The van der Waals surface area contributed by atoms with E-state index in [1.807, 2.05) is 44.2 Å². The lowest BCUT2D eigenvalue weighted by atomic mass is 10.0. The van der Waals surface area contributed by atoms with Crippen molar-refractivity contribution in [3.63, 3.8) is 0 Å². The predicted octanol–water partition coefficient (Wildman–Crippen LogP) is 5.31. The Kier molecular flexibility index (Phi) is 8.02. The number of amides is 1. The second-order valence-electron chi connectivity index (χ2n) is 8.43. The van der Waals surface area contributed by atoms with Crippen molar-refractivity contribution in [1.29, 1.82) is 10.5 Å². The molecule has 0 radical (unpaired) electrons. The average molecular weight is 501 g/mol. The highest BCUT2D eigenvalue weighted by Crippen LogP contribution is 2.28. The van der Waals surface area contributed by atoms with Crippen LogP contribution < -0.4 is 16.0 Å². The van der Waals surface area contributed by atoms with Gasteiger partial charge in [0.25, 0.3) is 5.91 Å². The molecule has 4 aromatic rings. The van der Waals surface area contributed by atoms with Gasteiger partial charge in [0.1, 0.15) is 11.4 Å². The second kappa shape index (κ2) is 11.9. The summed E-state index contributed by atoms with van der Waals surface area (Å²) in [6.07, 6.45) is 7.98. The van der Waals surface area contributed by atoms with E-state index in [1.165, 1.54) is 12.3 Å². The van der Waals surface area contributed by atoms with E-state index in [0.29, 0.717) is 23.6 Å². The number of nitrogens with one attached hydrogen (secondary N) is 3. The predicted molar refractivity (Wildman–Crippen MR) is 146 cm³/mol. The van der Waals surface area contributed by atoms with Gasteiger partial charge < -0.3 is 16.0 Å². The number of nitriles is 2. The summed E-state index contributed by atoms with van der Waals surface area (Å²) < 4.78 is 0. The monoisotopic (exact) mass is 500 g/mol. The number of nitrogens with zero attached hydrogens (tertiary/aromatic N) is 5. The van der Waals surface area contributed by atoms with E-state index in [0.717, 1.165) is 27.9 Å². The Morgan fingerprint density at radius 1 is 1.00 bits per heavy atom. The second-order valence-corrected chi connectivity index (χ2v) is 8.43. The molecule has 0 saturated carbocycles. The van der Waals surface area contributed by atoms with Crippen LogP contribution in [-0.4, -0.2) is 20.9 Å². The van der Waals surface area contributed by atoms with Crippen LogP contribution in [-0.2, 0) is 6.54 Å². The summed E-state index contributed by atoms with van der Waals surface area (Å²) >= 11 is 0. The highest BCUT2D eigenvalue weighted by Gasteiger charge is 2.17. The summed E-state index contributed by atoms with van der Waals surface area (Å²) in [7, 11) is 0. The van der Waals surface area contributed by atoms with E-state index in [-0.39, 0.29) is 17.4 Å². The molecule has 3 N–H and O–H groups in total. The Balaban J connectivity index is 1.66. The van der Waals surface area contributed by atoms with E-state index in [1.54, 1.807) is 42.7 Å². The van der Waals surface area contributed by atoms with Gasteiger partial charge in [0.05, 0.1) is 17.7 Å². The standard InChI is InChI=1S/C29H24N8O/c1-19-14-23(4-3-11-30)15-20(2)26(19)36-27-25(28(38)33-17-22-9-12-32-13-10-22)18-34-29(37-27)35-24-7-5-21(16-31)6-8-24/h3-10,12-15,18H,17H2,1-2H3,(H,33,38)(H2,34,35,36,37)/b4-3+. The van der Waals surface area contributed by atoms with Gasteiger partial charge in [-0.3, -0.25) is 9.78 Å². The number of hydrogen-bond acceptors (Lipinski definition) is 8. The molecule has 1 amide bonds. The van der Waals surface area contributed by atoms with E-state index < -0.39 is 0 Å². The van der Waals surface area contributed by atoms with Crippen molar-refractivity contribution in [2.75, 3.05) is 10.6 Å². The lowest BCUT2D eigenvalue weighted by molar-refractivity contribution is 0.0951. The molecule has 0 spiro atoms. The van der Waals surface area contributed by atoms with E-state index >= 15 is 0 Å². The number of benzene rings is 2. The number of allylic oxidation sites excluding steroid dienone is 1. The molecular formula is C29H24N8O. The first-order valence-corrected chi connectivity index (χ1v) is 11.7. The van der Waals surface area contributed by atoms with Crippen molar-refractivity contribution in [2.24, 2.45) is 0 Å². The smallest absolute Gasteiger partial charge is 0.256 e. The topological polar surface area (TPSA) is 139 Å². The third kappa shape index (κ3) is 6.36. The number of rotatable bonds is 8. The third-order valence-electron chi connectivity index (χ3n) is 5.65. The van der Waals surface area contributed by atoms with Crippen LogP contribution >= 0.6 is 0 Å². The number of hydrogen-bond donors (Lipinski definition) is 3. The number of pyridine rings is 1. The first-order chi connectivity index (χ1) is 18.5. The Bertz CT molecular complexity index is 1540. The van der Waals surface area contributed by atoms with Gasteiger partial charge in [0.2, 0.25) is 5.95 Å². The molecule has 9 nitrogen and oxygen atoms in total. The van der Waals surface area contributed by atoms with Gasteiger partial charge in [-0.2, -0.15) is 15.5 Å². The molecule has 2 heterocycles. The Hall–Kier alpha value is -5.54. The molecule has 38 heavy (non-hydrogen) atoms. The zero-order valence-electron chi connectivity index (χ0n) is 20.9. The minimum absolute atomic E-state index is 0.275. The summed E-state index contributed by atoms with van der Waals surface area (Å²) in [5.41, 5.74) is 5.97. The van der Waals surface area contributed by atoms with E-state index in [9.17, 15) is 4.79 Å². The molecule has 0 bridgehead atoms. The SMILES string of the molecule is Cc1cc(/C=C/C#N)cc(C)c1Nc1nc(Nc2ccc(C#N)cc2)ncc1C(=O)NCc1ccncc1. The highest BCUT2D eigenvalue weighted by atomic mass is 16.1. The highest BCUT2D eigenvalue weighted by molar-refractivity contribution is 5.99. The molecule has 0 atom stereocenters. The summed E-state index contributed by atoms with van der Waals surface area (Å²) in [5, 5.41) is 27.2. The van der Waals surface area contributed by atoms with Gasteiger partial charge >= 0.3 is 0 Å². The largest absolute Gasteiger partial charge is 0.348 e. The molecule has 0 saturated heterocycles. The number of anilines is 4. The van der Waals surface area contributed by atoms with E-state index in [4.69, 9.17) is 10.5 Å². The normalized spacial score (nSPS) is 10.4. The fraction of sp³-hybridized carbons (Fsp3) is 0.103. The van der Waals surface area contributed by atoms with Crippen LogP contribution in [0.3, 0.4) is 0 Å². The lowest BCUT2D eigenvalue weighted by Crippen LogP contribution is -2.24. The first-order valence-electron chi connectivity index (χ1n) is 11.7. The van der Waals surface area contributed by atoms with E-state index in [2.05, 4.69) is 37.0 Å². The summed E-state index contributed by atoms with van der Waals surface area (Å²) in [4.78, 5) is 26.1. The zero-order chi connectivity index (χ0) is 26.9. The quantitative estimate of drug-likeness (QED) is 0.276. The molecule has 4 rings (SSSR count). The van der Waals surface area contributed by atoms with Crippen molar-refractivity contribution >= 4 is 35.1 Å². The van der Waals surface area contributed by atoms with Gasteiger partial charge in [-0.25, -0.2) is 4.98 Å². The maximum atomic E-state index is 13.2. The third-order valence-corrected chi connectivity index (χ3v) is 5.65. The van der Waals surface area contributed by atoms with Crippen molar-refractivity contribution in [2.45, 2.75) is 20.4 Å². The summed E-state index contributed by atoms with van der Waals surface area (Å²) in [5.74, 6) is 0.278. The number of aryl methyl sites for hydroxylation is 2. The number of carbonyl (C=O) groups excluding carboxylic acids is 1. The van der Waals surface area contributed by atoms with Crippen LogP contribution in [0.4, 0.5) is 23.1 Å². The van der Waals surface area contributed by atoms with Gasteiger partial charge in [0, 0.05) is 42.6 Å². The van der Waals surface area contributed by atoms with Crippen molar-refractivity contribution < 1.29 is 4.79 Å². The van der Waals surface area contributed by atoms with Gasteiger partial charge in [-0.1, -0.05) is 0 Å². The Morgan fingerprint density at radius 3 is 2.37 bits per heavy atom. The van der Waals surface area contributed by atoms with Crippen LogP contribution in [0.1, 0.15) is 38.2 Å². The van der Waals surface area contributed by atoms with Crippen LogP contribution in [0, 0.1) is 36.5 Å². The van der Waals surface area contributed by atoms with Gasteiger partial charge in [0.15, 0.2) is 0 Å². The lowest BCUT2D eigenvalue weighted by Gasteiger charge is -2.17. The van der Waals surface area contributed by atoms with Crippen LogP contribution in [0.5, 0.6) is 0 Å². The molecule has 186 valence electrons. The Labute approximate surface area is 220 Å².